The molecule has 0 saturated heterocycles. The van der Waals surface area contributed by atoms with Crippen LogP contribution in [0.25, 0.3) is 0 Å². The predicted molar refractivity (Wildman–Crippen MR) is 123 cm³/mol. The molecule has 0 fully saturated rings. The molecular formula is C22H27N6O8S-3. The number of aliphatic carboxylic acids is 3. The fraction of sp³-hybridized carbons (Fsp3) is 0.455. The summed E-state index contributed by atoms with van der Waals surface area (Å²) < 4.78 is 0. The number of carboxylic acids is 3. The van der Waals surface area contributed by atoms with Crippen molar-refractivity contribution in [2.75, 3.05) is 52.4 Å². The van der Waals surface area contributed by atoms with Gasteiger partial charge in [0.15, 0.2) is 0 Å². The van der Waals surface area contributed by atoms with Gasteiger partial charge in [-0.1, -0.05) is 12.1 Å². The molecule has 1 unspecified atom stereocenters. The van der Waals surface area contributed by atoms with Crippen LogP contribution in [0.2, 0.25) is 0 Å². The van der Waals surface area contributed by atoms with Crippen molar-refractivity contribution in [2.45, 2.75) is 17.4 Å². The maximum absolute atomic E-state index is 11.7. The van der Waals surface area contributed by atoms with Crippen LogP contribution in [0.15, 0.2) is 29.2 Å². The van der Waals surface area contributed by atoms with E-state index >= 15 is 0 Å². The van der Waals surface area contributed by atoms with Crippen LogP contribution in [-0.2, 0) is 30.4 Å². The van der Waals surface area contributed by atoms with Gasteiger partial charge in [-0.25, -0.2) is 0 Å². The molecule has 0 aliphatic rings. The highest BCUT2D eigenvalue weighted by Gasteiger charge is 2.24. The normalized spacial score (nSPS) is 11.8. The van der Waals surface area contributed by atoms with E-state index in [0.717, 1.165) is 16.7 Å². The molecule has 15 heteroatoms. The molecule has 202 valence electrons. The lowest BCUT2D eigenvalue weighted by Gasteiger charge is -2.36. The number of thioether (sulfide) groups is 1. The second-order valence-corrected chi connectivity index (χ2v) is 8.95. The van der Waals surface area contributed by atoms with Crippen molar-refractivity contribution < 1.29 is 39.3 Å². The lowest BCUT2D eigenvalue weighted by molar-refractivity contribution is -0.308. The first-order chi connectivity index (χ1) is 17.4. The van der Waals surface area contributed by atoms with Crippen molar-refractivity contribution in [3.05, 3.63) is 29.8 Å². The second kappa shape index (κ2) is 16.1. The van der Waals surface area contributed by atoms with Crippen LogP contribution in [0.1, 0.15) is 5.56 Å². The van der Waals surface area contributed by atoms with Crippen LogP contribution in [0.3, 0.4) is 0 Å². The Morgan fingerprint density at radius 3 is 1.81 bits per heavy atom. The zero-order valence-electron chi connectivity index (χ0n) is 19.9. The fourth-order valence-electron chi connectivity index (χ4n) is 3.62. The molecule has 1 rings (SSSR count). The van der Waals surface area contributed by atoms with Gasteiger partial charge in [0.25, 0.3) is 0 Å². The lowest BCUT2D eigenvalue weighted by Crippen LogP contribution is -2.54. The van der Waals surface area contributed by atoms with Gasteiger partial charge in [0, 0.05) is 50.2 Å². The Morgan fingerprint density at radius 1 is 0.811 bits per heavy atom. The molecule has 1 aromatic carbocycles. The molecule has 1 aromatic rings. The Bertz CT molecular complexity index is 968. The van der Waals surface area contributed by atoms with E-state index in [2.05, 4.69) is 0 Å². The highest BCUT2D eigenvalue weighted by Crippen LogP contribution is 2.19. The first kappa shape index (κ1) is 31.3. The third-order valence-corrected chi connectivity index (χ3v) is 5.65. The molecule has 0 bridgehead atoms. The number of amides is 2. The zero-order valence-corrected chi connectivity index (χ0v) is 20.7. The third-order valence-electron chi connectivity index (χ3n) is 5.05. The summed E-state index contributed by atoms with van der Waals surface area (Å²) >= 11 is 0.945. The summed E-state index contributed by atoms with van der Waals surface area (Å²) in [6.45, 7) is -3.05. The summed E-state index contributed by atoms with van der Waals surface area (Å²) in [5, 5.41) is 44.5. The van der Waals surface area contributed by atoms with Crippen LogP contribution in [0.4, 0.5) is 0 Å². The van der Waals surface area contributed by atoms with E-state index in [4.69, 9.17) is 16.7 Å². The van der Waals surface area contributed by atoms with Crippen LogP contribution < -0.4 is 26.8 Å². The minimum absolute atomic E-state index is 0.0709. The number of hydrogen-bond donors (Lipinski definition) is 2. The number of carbonyl (C=O) groups excluding carboxylic acids is 5. The molecule has 37 heavy (non-hydrogen) atoms. The number of carboxylic acid groups (broad SMARTS) is 3. The number of rotatable bonds is 19. The molecule has 1 atom stereocenters. The maximum atomic E-state index is 11.7. The number of nitriles is 1. The first-order valence-electron chi connectivity index (χ1n) is 10.9. The Hall–Kier alpha value is -3.71. The standard InChI is InChI=1S/C22H30N6O8S/c23-14-37-17-3-1-15(2-4-17)7-16(28(10-19(25)30)13-22(35)36)8-26(11-20(31)32)5-6-27(9-18(24)29)12-21(33)34/h1-4,16H,5-13H2,(H2,24,29)(H2,25,30)(H,31,32)(H,33,34)(H,35,36)/p-3. The highest BCUT2D eigenvalue weighted by atomic mass is 32.2. The Morgan fingerprint density at radius 2 is 1.32 bits per heavy atom. The number of nitrogens with zero attached hydrogens (tertiary/aromatic N) is 4. The smallest absolute Gasteiger partial charge is 0.231 e. The fourth-order valence-corrected chi connectivity index (χ4v) is 4.00. The minimum Gasteiger partial charge on any atom is -0.549 e. The van der Waals surface area contributed by atoms with E-state index in [0.29, 0.717) is 10.5 Å². The van der Waals surface area contributed by atoms with Crippen LogP contribution in [-0.4, -0.2) is 103 Å². The quantitative estimate of drug-likeness (QED) is 0.124. The van der Waals surface area contributed by atoms with Crippen molar-refractivity contribution in [3.8, 4) is 5.40 Å². The van der Waals surface area contributed by atoms with Gasteiger partial charge in [-0.2, -0.15) is 5.26 Å². The van der Waals surface area contributed by atoms with E-state index in [9.17, 15) is 39.3 Å². The van der Waals surface area contributed by atoms with Crippen molar-refractivity contribution >= 4 is 41.5 Å². The average molecular weight is 536 g/mol. The SMILES string of the molecule is N#CSc1ccc(CC(CN(CCN(CC(N)=O)CC(=O)[O-])CC(=O)[O-])N(CC(N)=O)CC(=O)[O-])cc1. The molecule has 0 aromatic heterocycles. The molecule has 0 radical (unpaired) electrons. The summed E-state index contributed by atoms with van der Waals surface area (Å²) in [5.41, 5.74) is 11.1. The van der Waals surface area contributed by atoms with Crippen molar-refractivity contribution in [3.63, 3.8) is 0 Å². The second-order valence-electron chi connectivity index (χ2n) is 8.09. The number of primary amides is 2. The van der Waals surface area contributed by atoms with Gasteiger partial charge in [-0.15, -0.1) is 0 Å². The van der Waals surface area contributed by atoms with E-state index in [-0.39, 0.29) is 26.1 Å². The average Bonchev–Trinajstić information content (AvgIpc) is 2.76. The molecular weight excluding hydrogens is 508 g/mol. The number of hydrogen-bond acceptors (Lipinski definition) is 13. The van der Waals surface area contributed by atoms with Crippen molar-refractivity contribution in [1.82, 2.24) is 14.7 Å². The van der Waals surface area contributed by atoms with E-state index < -0.39 is 68.5 Å². The lowest BCUT2D eigenvalue weighted by atomic mass is 10.0. The number of thiocyanates is 1. The van der Waals surface area contributed by atoms with Crippen molar-refractivity contribution in [2.24, 2.45) is 11.5 Å². The molecule has 14 nitrogen and oxygen atoms in total. The van der Waals surface area contributed by atoms with Crippen LogP contribution >= 0.6 is 11.8 Å². The zero-order chi connectivity index (χ0) is 28.0. The molecule has 4 N–H and O–H groups in total. The summed E-state index contributed by atoms with van der Waals surface area (Å²) in [6.07, 6.45) is 0.158. The number of nitrogens with two attached hydrogens (primary N) is 2. The monoisotopic (exact) mass is 535 g/mol. The van der Waals surface area contributed by atoms with E-state index in [1.807, 2.05) is 5.40 Å². The van der Waals surface area contributed by atoms with Crippen molar-refractivity contribution in [1.29, 1.82) is 5.26 Å². The predicted octanol–water partition coefficient (Wildman–Crippen LogP) is -5.70. The summed E-state index contributed by atoms with van der Waals surface area (Å²) in [4.78, 5) is 61.1. The highest BCUT2D eigenvalue weighted by molar-refractivity contribution is 8.03. The van der Waals surface area contributed by atoms with Gasteiger partial charge < -0.3 is 41.2 Å². The van der Waals surface area contributed by atoms with E-state index in [1.165, 1.54) is 9.80 Å². The first-order valence-corrected chi connectivity index (χ1v) is 11.7. The van der Waals surface area contributed by atoms with Crippen LogP contribution in [0.5, 0.6) is 0 Å². The summed E-state index contributed by atoms with van der Waals surface area (Å²) in [5.74, 6) is -6.03. The summed E-state index contributed by atoms with van der Waals surface area (Å²) in [7, 11) is 0. The third kappa shape index (κ3) is 13.8. The maximum Gasteiger partial charge on any atom is 0.231 e. The van der Waals surface area contributed by atoms with Gasteiger partial charge in [0.1, 0.15) is 5.40 Å². The Kier molecular flexibility index (Phi) is 13.6. The largest absolute Gasteiger partial charge is 0.549 e. The molecule has 0 saturated carbocycles. The van der Waals surface area contributed by atoms with Gasteiger partial charge in [-0.05, 0) is 35.9 Å². The van der Waals surface area contributed by atoms with E-state index in [1.54, 1.807) is 24.3 Å². The number of benzene rings is 1. The molecule has 0 aliphatic carbocycles. The minimum atomic E-state index is -1.49. The van der Waals surface area contributed by atoms with Gasteiger partial charge in [0.05, 0.1) is 31.0 Å². The molecule has 2 amide bonds. The van der Waals surface area contributed by atoms with Gasteiger partial charge >= 0.3 is 0 Å². The van der Waals surface area contributed by atoms with Crippen LogP contribution in [0, 0.1) is 10.7 Å². The Balaban J connectivity index is 3.22. The Labute approximate surface area is 217 Å². The topological polar surface area (TPSA) is 240 Å². The van der Waals surface area contributed by atoms with Gasteiger partial charge in [0.2, 0.25) is 11.8 Å². The molecule has 0 spiro atoms. The number of carbonyl (C=O) groups is 5. The molecule has 0 aliphatic heterocycles. The van der Waals surface area contributed by atoms with Gasteiger partial charge in [-0.3, -0.25) is 24.3 Å². The molecule has 0 heterocycles. The summed E-state index contributed by atoms with van der Waals surface area (Å²) in [6, 6.07) is 6.00.